The van der Waals surface area contributed by atoms with E-state index in [2.05, 4.69) is 44.4 Å². The lowest BCUT2D eigenvalue weighted by Gasteiger charge is -2.30. The zero-order chi connectivity index (χ0) is 13.7. The van der Waals surface area contributed by atoms with Gasteiger partial charge in [-0.2, -0.15) is 0 Å². The van der Waals surface area contributed by atoms with Crippen molar-refractivity contribution in [2.24, 2.45) is 5.92 Å². The van der Waals surface area contributed by atoms with Gasteiger partial charge in [0.2, 0.25) is 0 Å². The first-order chi connectivity index (χ1) is 9.20. The minimum atomic E-state index is 0.488. The summed E-state index contributed by atoms with van der Waals surface area (Å²) in [5.41, 5.74) is 2.63. The van der Waals surface area contributed by atoms with E-state index in [-0.39, 0.29) is 0 Å². The maximum atomic E-state index is 5.99. The number of aryl methyl sites for hydroxylation is 2. The van der Waals surface area contributed by atoms with Crippen LogP contribution in [0.25, 0.3) is 0 Å². The van der Waals surface area contributed by atoms with Gasteiger partial charge in [0.1, 0.15) is 12.4 Å². The van der Waals surface area contributed by atoms with E-state index in [0.717, 1.165) is 18.3 Å². The average molecular weight is 261 g/mol. The summed E-state index contributed by atoms with van der Waals surface area (Å²) < 4.78 is 5.99. The molecule has 106 valence electrons. The minimum absolute atomic E-state index is 0.488. The van der Waals surface area contributed by atoms with Gasteiger partial charge in [-0.05, 0) is 62.9 Å². The van der Waals surface area contributed by atoms with E-state index in [1.165, 1.54) is 43.2 Å². The zero-order valence-corrected chi connectivity index (χ0v) is 12.5. The quantitative estimate of drug-likeness (QED) is 0.869. The lowest BCUT2D eigenvalue weighted by molar-refractivity contribution is 0.192. The van der Waals surface area contributed by atoms with Crippen LogP contribution >= 0.6 is 0 Å². The third-order valence-corrected chi connectivity index (χ3v) is 4.50. The van der Waals surface area contributed by atoms with Crippen molar-refractivity contribution in [3.05, 3.63) is 29.3 Å². The Morgan fingerprint density at radius 2 is 1.89 bits per heavy atom. The summed E-state index contributed by atoms with van der Waals surface area (Å²) in [5, 5.41) is 3.44. The van der Waals surface area contributed by atoms with Crippen LogP contribution in [0.3, 0.4) is 0 Å². The Kier molecular flexibility index (Phi) is 5.26. The van der Waals surface area contributed by atoms with Crippen molar-refractivity contribution < 1.29 is 4.74 Å². The number of likely N-dealkylation sites (N-methyl/N-ethyl adjacent to an activating group) is 1. The molecule has 0 spiro atoms. The fourth-order valence-corrected chi connectivity index (χ4v) is 2.98. The van der Waals surface area contributed by atoms with Crippen molar-refractivity contribution in [3.63, 3.8) is 0 Å². The smallest absolute Gasteiger partial charge is 0.119 e. The number of hydrogen-bond donors (Lipinski definition) is 1. The van der Waals surface area contributed by atoms with Gasteiger partial charge in [-0.15, -0.1) is 0 Å². The fraction of sp³-hybridized carbons (Fsp3) is 0.647. The van der Waals surface area contributed by atoms with E-state index >= 15 is 0 Å². The summed E-state index contributed by atoms with van der Waals surface area (Å²) >= 11 is 0. The number of benzene rings is 1. The molecule has 1 fully saturated rings. The van der Waals surface area contributed by atoms with Gasteiger partial charge >= 0.3 is 0 Å². The average Bonchev–Trinajstić information content (AvgIpc) is 2.44. The molecule has 1 unspecified atom stereocenters. The molecule has 1 aromatic rings. The van der Waals surface area contributed by atoms with Gasteiger partial charge in [-0.25, -0.2) is 0 Å². The highest BCUT2D eigenvalue weighted by molar-refractivity contribution is 5.33. The lowest BCUT2D eigenvalue weighted by atomic mass is 9.84. The Hall–Kier alpha value is -1.02. The molecule has 0 amide bonds. The van der Waals surface area contributed by atoms with E-state index in [1.54, 1.807) is 0 Å². The van der Waals surface area contributed by atoms with Crippen LogP contribution in [0.1, 0.15) is 43.2 Å². The van der Waals surface area contributed by atoms with Crippen LogP contribution in [0.4, 0.5) is 0 Å². The van der Waals surface area contributed by atoms with Gasteiger partial charge < -0.3 is 10.1 Å². The summed E-state index contributed by atoms with van der Waals surface area (Å²) in [7, 11) is 2.06. The van der Waals surface area contributed by atoms with Crippen molar-refractivity contribution in [3.8, 4) is 5.75 Å². The SMILES string of the molecule is CNC(COc1ccc(C)c(C)c1)C1CCCCC1. The highest BCUT2D eigenvalue weighted by Gasteiger charge is 2.22. The number of ether oxygens (including phenoxy) is 1. The molecule has 2 nitrogen and oxygen atoms in total. The van der Waals surface area contributed by atoms with Crippen LogP contribution in [-0.4, -0.2) is 19.7 Å². The molecular weight excluding hydrogens is 234 g/mol. The van der Waals surface area contributed by atoms with Crippen molar-refractivity contribution in [1.82, 2.24) is 5.32 Å². The van der Waals surface area contributed by atoms with Crippen molar-refractivity contribution in [2.75, 3.05) is 13.7 Å². The first-order valence-corrected chi connectivity index (χ1v) is 7.58. The molecule has 0 saturated heterocycles. The van der Waals surface area contributed by atoms with Gasteiger partial charge in [0.15, 0.2) is 0 Å². The maximum absolute atomic E-state index is 5.99. The van der Waals surface area contributed by atoms with Crippen molar-refractivity contribution >= 4 is 0 Å². The molecule has 1 aliphatic rings. The first-order valence-electron chi connectivity index (χ1n) is 7.58. The van der Waals surface area contributed by atoms with Crippen LogP contribution in [0, 0.1) is 19.8 Å². The highest BCUT2D eigenvalue weighted by Crippen LogP contribution is 2.27. The monoisotopic (exact) mass is 261 g/mol. The molecule has 1 atom stereocenters. The van der Waals surface area contributed by atoms with Gasteiger partial charge in [-0.3, -0.25) is 0 Å². The van der Waals surface area contributed by atoms with E-state index in [4.69, 9.17) is 4.74 Å². The van der Waals surface area contributed by atoms with Gasteiger partial charge in [-0.1, -0.05) is 25.3 Å². The summed E-state index contributed by atoms with van der Waals surface area (Å²) in [6.45, 7) is 5.06. The molecule has 1 aromatic carbocycles. The Morgan fingerprint density at radius 1 is 1.16 bits per heavy atom. The molecule has 19 heavy (non-hydrogen) atoms. The Labute approximate surface area is 117 Å². The van der Waals surface area contributed by atoms with E-state index in [9.17, 15) is 0 Å². The van der Waals surface area contributed by atoms with Crippen molar-refractivity contribution in [2.45, 2.75) is 52.0 Å². The summed E-state index contributed by atoms with van der Waals surface area (Å²) in [4.78, 5) is 0. The predicted molar refractivity (Wildman–Crippen MR) is 80.8 cm³/mol. The maximum Gasteiger partial charge on any atom is 0.119 e. The molecule has 1 N–H and O–H groups in total. The molecule has 0 aliphatic heterocycles. The van der Waals surface area contributed by atoms with E-state index < -0.39 is 0 Å². The molecular formula is C17H27NO. The summed E-state index contributed by atoms with van der Waals surface area (Å²) in [6.07, 6.45) is 6.87. The molecule has 0 aromatic heterocycles. The third kappa shape index (κ3) is 3.97. The van der Waals surface area contributed by atoms with Crippen LogP contribution in [-0.2, 0) is 0 Å². The van der Waals surface area contributed by atoms with Crippen molar-refractivity contribution in [1.29, 1.82) is 0 Å². The van der Waals surface area contributed by atoms with Crippen LogP contribution in [0.2, 0.25) is 0 Å². The minimum Gasteiger partial charge on any atom is -0.492 e. The van der Waals surface area contributed by atoms with Gasteiger partial charge in [0.25, 0.3) is 0 Å². The Bertz CT molecular complexity index is 396. The second-order valence-electron chi connectivity index (χ2n) is 5.85. The van der Waals surface area contributed by atoms with E-state index in [1.807, 2.05) is 0 Å². The molecule has 0 radical (unpaired) electrons. The number of hydrogen-bond acceptors (Lipinski definition) is 2. The number of nitrogens with one attached hydrogen (secondary N) is 1. The normalized spacial score (nSPS) is 18.3. The molecule has 1 aliphatic carbocycles. The Morgan fingerprint density at radius 3 is 2.53 bits per heavy atom. The Balaban J connectivity index is 1.89. The van der Waals surface area contributed by atoms with Gasteiger partial charge in [0, 0.05) is 6.04 Å². The second-order valence-corrected chi connectivity index (χ2v) is 5.85. The fourth-order valence-electron chi connectivity index (χ4n) is 2.98. The predicted octanol–water partition coefficient (Wildman–Crippen LogP) is 3.85. The van der Waals surface area contributed by atoms with Crippen LogP contribution in [0.15, 0.2) is 18.2 Å². The largest absolute Gasteiger partial charge is 0.492 e. The first kappa shape index (κ1) is 14.4. The standard InChI is InChI=1S/C17H27NO/c1-13-9-10-16(11-14(13)2)19-12-17(18-3)15-7-5-4-6-8-15/h9-11,15,17-18H,4-8,12H2,1-3H3. The van der Waals surface area contributed by atoms with Crippen LogP contribution < -0.4 is 10.1 Å². The van der Waals surface area contributed by atoms with E-state index in [0.29, 0.717) is 6.04 Å². The summed E-state index contributed by atoms with van der Waals surface area (Å²) in [5.74, 6) is 1.78. The lowest BCUT2D eigenvalue weighted by Crippen LogP contribution is -2.39. The topological polar surface area (TPSA) is 21.3 Å². The molecule has 0 heterocycles. The molecule has 0 bridgehead atoms. The second kappa shape index (κ2) is 6.95. The number of rotatable bonds is 5. The molecule has 2 heteroatoms. The molecule has 1 saturated carbocycles. The van der Waals surface area contributed by atoms with Gasteiger partial charge in [0.05, 0.1) is 0 Å². The van der Waals surface area contributed by atoms with Crippen LogP contribution in [0.5, 0.6) is 5.75 Å². The third-order valence-electron chi connectivity index (χ3n) is 4.50. The highest BCUT2D eigenvalue weighted by atomic mass is 16.5. The zero-order valence-electron chi connectivity index (χ0n) is 12.5. The molecule has 2 rings (SSSR count). The summed E-state index contributed by atoms with van der Waals surface area (Å²) in [6, 6.07) is 6.85.